The van der Waals surface area contributed by atoms with Gasteiger partial charge in [0.25, 0.3) is 5.91 Å². The van der Waals surface area contributed by atoms with Gasteiger partial charge < -0.3 is 19.9 Å². The third-order valence-corrected chi connectivity index (χ3v) is 5.99. The standard InChI is InChI=1S/C31H26F3NO5/c32-31(33,34)25-8-4-7-23(17-25)20-40-27-15-11-24(12-16-27)29(36)35-28(30(37)38)18-21-9-13-26(14-10-21)39-19-22-5-2-1-3-6-22/h1-17,28H,18-20H2,(H,35,36)(H,37,38)/t28-/m0/s1. The molecule has 1 atom stereocenters. The van der Waals surface area contributed by atoms with Crippen LogP contribution in [0.25, 0.3) is 0 Å². The van der Waals surface area contributed by atoms with Gasteiger partial charge in [-0.15, -0.1) is 0 Å². The Morgan fingerprint density at radius 2 is 1.30 bits per heavy atom. The van der Waals surface area contributed by atoms with Crippen molar-refractivity contribution in [1.82, 2.24) is 5.32 Å². The number of carbonyl (C=O) groups excluding carboxylic acids is 1. The minimum absolute atomic E-state index is 0.0677. The summed E-state index contributed by atoms with van der Waals surface area (Å²) in [4.78, 5) is 24.5. The van der Waals surface area contributed by atoms with Crippen LogP contribution >= 0.6 is 0 Å². The van der Waals surface area contributed by atoms with Crippen LogP contribution in [0.3, 0.4) is 0 Å². The van der Waals surface area contributed by atoms with Crippen LogP contribution in [0, 0.1) is 0 Å². The van der Waals surface area contributed by atoms with Crippen LogP contribution in [0.2, 0.25) is 0 Å². The normalized spacial score (nSPS) is 11.9. The van der Waals surface area contributed by atoms with E-state index in [1.807, 2.05) is 30.3 Å². The summed E-state index contributed by atoms with van der Waals surface area (Å²) in [6.45, 7) is 0.315. The summed E-state index contributed by atoms with van der Waals surface area (Å²) in [6, 6.07) is 26.2. The summed E-state index contributed by atoms with van der Waals surface area (Å²) in [7, 11) is 0. The Morgan fingerprint density at radius 1 is 0.725 bits per heavy atom. The lowest BCUT2D eigenvalue weighted by Crippen LogP contribution is -2.42. The molecule has 2 N–H and O–H groups in total. The first-order valence-corrected chi connectivity index (χ1v) is 12.4. The number of carboxylic acids is 1. The highest BCUT2D eigenvalue weighted by Crippen LogP contribution is 2.29. The molecule has 0 aliphatic rings. The smallest absolute Gasteiger partial charge is 0.416 e. The molecule has 0 spiro atoms. The molecule has 6 nitrogen and oxygen atoms in total. The number of amides is 1. The van der Waals surface area contributed by atoms with E-state index < -0.39 is 29.7 Å². The van der Waals surface area contributed by atoms with Gasteiger partial charge in [-0.1, -0.05) is 54.6 Å². The van der Waals surface area contributed by atoms with Gasteiger partial charge >= 0.3 is 12.1 Å². The number of alkyl halides is 3. The van der Waals surface area contributed by atoms with E-state index in [9.17, 15) is 27.9 Å². The molecule has 0 saturated carbocycles. The molecule has 0 aliphatic heterocycles. The van der Waals surface area contributed by atoms with Crippen molar-refractivity contribution in [1.29, 1.82) is 0 Å². The van der Waals surface area contributed by atoms with Gasteiger partial charge in [0.1, 0.15) is 30.8 Å². The number of aliphatic carboxylic acids is 1. The van der Waals surface area contributed by atoms with Crippen molar-refractivity contribution < 1.29 is 37.3 Å². The summed E-state index contributed by atoms with van der Waals surface area (Å²) < 4.78 is 50.0. The first kappa shape index (κ1) is 28.2. The Hall–Kier alpha value is -4.79. The van der Waals surface area contributed by atoms with Crippen molar-refractivity contribution in [2.45, 2.75) is 31.9 Å². The van der Waals surface area contributed by atoms with Crippen LogP contribution in [0.15, 0.2) is 103 Å². The number of hydrogen-bond acceptors (Lipinski definition) is 4. The van der Waals surface area contributed by atoms with Gasteiger partial charge in [0, 0.05) is 12.0 Å². The van der Waals surface area contributed by atoms with Crippen LogP contribution in [0.5, 0.6) is 11.5 Å². The molecule has 40 heavy (non-hydrogen) atoms. The second-order valence-corrected chi connectivity index (χ2v) is 9.00. The van der Waals surface area contributed by atoms with Gasteiger partial charge in [-0.25, -0.2) is 4.79 Å². The molecule has 0 heterocycles. The minimum Gasteiger partial charge on any atom is -0.489 e. The summed E-state index contributed by atoms with van der Waals surface area (Å²) in [5.41, 5.74) is 1.52. The summed E-state index contributed by atoms with van der Waals surface area (Å²) in [6.07, 6.45) is -4.38. The molecule has 4 aromatic carbocycles. The van der Waals surface area contributed by atoms with E-state index >= 15 is 0 Å². The Kier molecular flexibility index (Phi) is 9.06. The third kappa shape index (κ3) is 8.10. The number of ether oxygens (including phenoxy) is 2. The van der Waals surface area contributed by atoms with E-state index in [0.29, 0.717) is 29.2 Å². The highest BCUT2D eigenvalue weighted by molar-refractivity contribution is 5.96. The highest BCUT2D eigenvalue weighted by atomic mass is 19.4. The highest BCUT2D eigenvalue weighted by Gasteiger charge is 2.30. The van der Waals surface area contributed by atoms with E-state index in [1.54, 1.807) is 24.3 Å². The fourth-order valence-corrected chi connectivity index (χ4v) is 3.85. The van der Waals surface area contributed by atoms with E-state index in [1.165, 1.54) is 36.4 Å². The van der Waals surface area contributed by atoms with Gasteiger partial charge in [0.15, 0.2) is 0 Å². The average Bonchev–Trinajstić information content (AvgIpc) is 2.96. The number of nitrogens with one attached hydrogen (secondary N) is 1. The average molecular weight is 550 g/mol. The summed E-state index contributed by atoms with van der Waals surface area (Å²) >= 11 is 0. The van der Waals surface area contributed by atoms with Gasteiger partial charge in [-0.05, 0) is 65.2 Å². The van der Waals surface area contributed by atoms with Crippen molar-refractivity contribution in [3.8, 4) is 11.5 Å². The predicted octanol–water partition coefficient (Wildman–Crippen LogP) is 6.29. The maximum Gasteiger partial charge on any atom is 0.416 e. The van der Waals surface area contributed by atoms with E-state index in [4.69, 9.17) is 9.47 Å². The second kappa shape index (κ2) is 12.8. The predicted molar refractivity (Wildman–Crippen MR) is 142 cm³/mol. The molecule has 0 saturated heterocycles. The lowest BCUT2D eigenvalue weighted by atomic mass is 10.1. The number of halogens is 3. The van der Waals surface area contributed by atoms with Gasteiger partial charge in [-0.2, -0.15) is 13.2 Å². The Balaban J connectivity index is 1.30. The number of carboxylic acid groups (broad SMARTS) is 1. The van der Waals surface area contributed by atoms with Crippen LogP contribution in [0.1, 0.15) is 32.6 Å². The molecule has 0 radical (unpaired) electrons. The van der Waals surface area contributed by atoms with Crippen LogP contribution in [-0.2, 0) is 30.6 Å². The zero-order chi connectivity index (χ0) is 28.5. The summed E-state index contributed by atoms with van der Waals surface area (Å²) in [5.74, 6) is -0.782. The van der Waals surface area contributed by atoms with E-state index in [-0.39, 0.29) is 18.6 Å². The monoisotopic (exact) mass is 549 g/mol. The number of hydrogen-bond donors (Lipinski definition) is 2. The minimum atomic E-state index is -4.45. The molecule has 1 amide bonds. The zero-order valence-electron chi connectivity index (χ0n) is 21.2. The number of rotatable bonds is 11. The van der Waals surface area contributed by atoms with Crippen LogP contribution in [-0.4, -0.2) is 23.0 Å². The molecule has 9 heteroatoms. The molecule has 0 fully saturated rings. The van der Waals surface area contributed by atoms with Gasteiger partial charge in [0.2, 0.25) is 0 Å². The molecule has 0 aromatic heterocycles. The lowest BCUT2D eigenvalue weighted by molar-refractivity contribution is -0.139. The number of benzene rings is 4. The zero-order valence-corrected chi connectivity index (χ0v) is 21.2. The molecule has 4 aromatic rings. The van der Waals surface area contributed by atoms with Crippen molar-refractivity contribution in [3.63, 3.8) is 0 Å². The van der Waals surface area contributed by atoms with Crippen LogP contribution < -0.4 is 14.8 Å². The molecule has 0 aliphatic carbocycles. The van der Waals surface area contributed by atoms with Gasteiger partial charge in [0.05, 0.1) is 5.56 Å². The SMILES string of the molecule is O=C(N[C@@H](Cc1ccc(OCc2ccccc2)cc1)C(=O)O)c1ccc(OCc2cccc(C(F)(F)F)c2)cc1. The van der Waals surface area contributed by atoms with Crippen molar-refractivity contribution in [2.24, 2.45) is 0 Å². The fraction of sp³-hybridized carbons (Fsp3) is 0.161. The maximum atomic E-state index is 12.9. The molecule has 206 valence electrons. The topological polar surface area (TPSA) is 84.9 Å². The number of carbonyl (C=O) groups is 2. The maximum absolute atomic E-state index is 12.9. The van der Waals surface area contributed by atoms with E-state index in [2.05, 4.69) is 5.32 Å². The quantitative estimate of drug-likeness (QED) is 0.230. The first-order valence-electron chi connectivity index (χ1n) is 12.4. The molecule has 0 bridgehead atoms. The van der Waals surface area contributed by atoms with Crippen LogP contribution in [0.4, 0.5) is 13.2 Å². The Morgan fingerprint density at radius 3 is 1.90 bits per heavy atom. The Bertz CT molecular complexity index is 1420. The first-order chi connectivity index (χ1) is 19.2. The molecule has 0 unspecified atom stereocenters. The fourth-order valence-electron chi connectivity index (χ4n) is 3.85. The second-order valence-electron chi connectivity index (χ2n) is 9.00. The largest absolute Gasteiger partial charge is 0.489 e. The van der Waals surface area contributed by atoms with Crippen molar-refractivity contribution in [3.05, 3.63) is 131 Å². The van der Waals surface area contributed by atoms with Gasteiger partial charge in [-0.3, -0.25) is 4.79 Å². The third-order valence-electron chi connectivity index (χ3n) is 5.99. The summed E-state index contributed by atoms with van der Waals surface area (Å²) in [5, 5.41) is 12.2. The molecular weight excluding hydrogens is 523 g/mol. The van der Waals surface area contributed by atoms with Crippen molar-refractivity contribution in [2.75, 3.05) is 0 Å². The Labute approximate surface area is 229 Å². The van der Waals surface area contributed by atoms with Crippen molar-refractivity contribution >= 4 is 11.9 Å². The van der Waals surface area contributed by atoms with E-state index in [0.717, 1.165) is 17.7 Å². The lowest BCUT2D eigenvalue weighted by Gasteiger charge is -2.15. The molecular formula is C31H26F3NO5. The molecule has 4 rings (SSSR count).